The van der Waals surface area contributed by atoms with Gasteiger partial charge in [0.05, 0.1) is 0 Å². The molecule has 0 bridgehead atoms. The summed E-state index contributed by atoms with van der Waals surface area (Å²) in [4.78, 5) is 9.01. The molecule has 2 heterocycles. The predicted octanol–water partition coefficient (Wildman–Crippen LogP) is 9.09. The Morgan fingerprint density at radius 3 is 1.70 bits per heavy atom. The van der Waals surface area contributed by atoms with E-state index in [1.165, 1.54) is 22.3 Å². The molecule has 199 valence electrons. The van der Waals surface area contributed by atoms with Crippen LogP contribution in [0.4, 0.5) is 0 Å². The second kappa shape index (κ2) is 13.8. The molecule has 0 aliphatic carbocycles. The van der Waals surface area contributed by atoms with E-state index in [4.69, 9.17) is 0 Å². The van der Waals surface area contributed by atoms with E-state index in [1.807, 2.05) is 91.3 Å². The van der Waals surface area contributed by atoms with Crippen molar-refractivity contribution in [3.63, 3.8) is 0 Å². The van der Waals surface area contributed by atoms with E-state index in [1.54, 1.807) is 0 Å². The standard InChI is InChI=1S/C20H18N.C17H12N.Ir/c1-20(2,17-11-7-4-8-12-17)18-13-14-19(21-15-18)16-9-5-3-6-10-16;1-3-7-14(8-4-1)16-11-12-18-17(13-16)15-9-5-2-6-10-15;/h3-9,11-15H,1-2H3;1-9,11-13H;/q2*-1;. The third-order valence-corrected chi connectivity index (χ3v) is 6.82. The van der Waals surface area contributed by atoms with Gasteiger partial charge >= 0.3 is 0 Å². The molecular weight excluding hydrogens is 665 g/mol. The number of hydrogen-bond acceptors (Lipinski definition) is 2. The zero-order valence-corrected chi connectivity index (χ0v) is 25.0. The zero-order valence-electron chi connectivity index (χ0n) is 22.6. The fraction of sp³-hybridized carbons (Fsp3) is 0.0811. The van der Waals surface area contributed by atoms with E-state index in [-0.39, 0.29) is 25.5 Å². The number of nitrogens with zero attached hydrogens (tertiary/aromatic N) is 2. The summed E-state index contributed by atoms with van der Waals surface area (Å²) < 4.78 is 0. The van der Waals surface area contributed by atoms with E-state index < -0.39 is 0 Å². The quantitative estimate of drug-likeness (QED) is 0.168. The number of hydrogen-bond donors (Lipinski definition) is 0. The first-order chi connectivity index (χ1) is 19.1. The molecule has 0 N–H and O–H groups in total. The van der Waals surface area contributed by atoms with Crippen LogP contribution in [0.2, 0.25) is 0 Å². The van der Waals surface area contributed by atoms with Crippen LogP contribution in [0.1, 0.15) is 25.0 Å². The van der Waals surface area contributed by atoms with Gasteiger partial charge in [-0.15, -0.1) is 71.8 Å². The minimum absolute atomic E-state index is 0. The fourth-order valence-corrected chi connectivity index (χ4v) is 4.44. The average molecular weight is 695 g/mol. The van der Waals surface area contributed by atoms with Crippen molar-refractivity contribution < 1.29 is 20.1 Å². The van der Waals surface area contributed by atoms with Crippen LogP contribution in [0.15, 0.2) is 146 Å². The third-order valence-electron chi connectivity index (χ3n) is 6.82. The van der Waals surface area contributed by atoms with Gasteiger partial charge in [-0.3, -0.25) is 0 Å². The molecule has 0 saturated heterocycles. The Morgan fingerprint density at radius 2 is 1.12 bits per heavy atom. The first-order valence-electron chi connectivity index (χ1n) is 13.1. The number of pyridine rings is 2. The summed E-state index contributed by atoms with van der Waals surface area (Å²) in [5.74, 6) is 0. The van der Waals surface area contributed by atoms with E-state index in [0.29, 0.717) is 0 Å². The van der Waals surface area contributed by atoms with E-state index in [0.717, 1.165) is 22.5 Å². The van der Waals surface area contributed by atoms with Gasteiger partial charge in [-0.25, -0.2) is 0 Å². The number of aromatic nitrogens is 2. The predicted molar refractivity (Wildman–Crippen MR) is 161 cm³/mol. The van der Waals surface area contributed by atoms with Gasteiger partial charge in [0.15, 0.2) is 0 Å². The molecule has 2 aromatic heterocycles. The van der Waals surface area contributed by atoms with E-state index in [2.05, 4.69) is 90.5 Å². The van der Waals surface area contributed by atoms with Crippen LogP contribution in [0.5, 0.6) is 0 Å². The molecule has 6 rings (SSSR count). The molecule has 0 amide bonds. The summed E-state index contributed by atoms with van der Waals surface area (Å²) >= 11 is 0. The van der Waals surface area contributed by atoms with Crippen molar-refractivity contribution >= 4 is 0 Å². The largest absolute Gasteiger partial charge is 0.305 e. The molecule has 3 heteroatoms. The van der Waals surface area contributed by atoms with Crippen LogP contribution >= 0.6 is 0 Å². The monoisotopic (exact) mass is 695 g/mol. The topological polar surface area (TPSA) is 25.8 Å². The van der Waals surface area contributed by atoms with Crippen molar-refractivity contribution in [3.05, 3.63) is 169 Å². The second-order valence-corrected chi connectivity index (χ2v) is 9.77. The van der Waals surface area contributed by atoms with E-state index >= 15 is 0 Å². The van der Waals surface area contributed by atoms with Crippen LogP contribution in [0.25, 0.3) is 33.6 Å². The minimum Gasteiger partial charge on any atom is -0.305 e. The Bertz CT molecular complexity index is 1530. The van der Waals surface area contributed by atoms with Crippen molar-refractivity contribution in [3.8, 4) is 33.6 Å². The van der Waals surface area contributed by atoms with Gasteiger partial charge in [-0.2, -0.15) is 0 Å². The summed E-state index contributed by atoms with van der Waals surface area (Å²) in [6.45, 7) is 4.46. The zero-order chi connectivity index (χ0) is 26.9. The van der Waals surface area contributed by atoms with E-state index in [9.17, 15) is 0 Å². The van der Waals surface area contributed by atoms with Gasteiger partial charge in [0, 0.05) is 37.9 Å². The molecule has 1 radical (unpaired) electrons. The molecule has 0 fully saturated rings. The minimum atomic E-state index is -0.0484. The number of benzene rings is 4. The average Bonchev–Trinajstić information content (AvgIpc) is 3.03. The third kappa shape index (κ3) is 7.07. The second-order valence-electron chi connectivity index (χ2n) is 9.77. The maximum absolute atomic E-state index is 4.61. The molecule has 0 spiro atoms. The Kier molecular flexibility index (Phi) is 9.91. The van der Waals surface area contributed by atoms with Crippen molar-refractivity contribution in [1.29, 1.82) is 0 Å². The summed E-state index contributed by atoms with van der Waals surface area (Å²) in [5.41, 5.74) is 8.82. The van der Waals surface area contributed by atoms with Gasteiger partial charge < -0.3 is 9.97 Å². The molecule has 0 saturated carbocycles. The van der Waals surface area contributed by atoms with Crippen LogP contribution in [-0.2, 0) is 25.5 Å². The van der Waals surface area contributed by atoms with Crippen LogP contribution in [0.3, 0.4) is 0 Å². The van der Waals surface area contributed by atoms with Crippen molar-refractivity contribution in [2.75, 3.05) is 0 Å². The molecule has 4 aromatic carbocycles. The molecular formula is C37H30IrN2-2. The SMILES string of the molecule is CC(C)(c1ccccc1)c1ccc(-c2[c-]cccc2)nc1.[Ir].[c-]1ccccc1-c1cc(-c2ccccc2)ccn1. The first-order valence-corrected chi connectivity index (χ1v) is 13.1. The molecule has 6 aromatic rings. The maximum Gasteiger partial charge on any atom is 0.0201 e. The summed E-state index contributed by atoms with van der Waals surface area (Å²) in [6, 6.07) is 51.5. The Labute approximate surface area is 251 Å². The number of rotatable bonds is 5. The summed E-state index contributed by atoms with van der Waals surface area (Å²) in [7, 11) is 0. The van der Waals surface area contributed by atoms with Crippen LogP contribution in [-0.4, -0.2) is 9.97 Å². The van der Waals surface area contributed by atoms with Gasteiger partial charge in [0.2, 0.25) is 0 Å². The first kappa shape index (κ1) is 28.8. The van der Waals surface area contributed by atoms with Crippen molar-refractivity contribution in [2.24, 2.45) is 0 Å². The summed E-state index contributed by atoms with van der Waals surface area (Å²) in [5, 5.41) is 0. The van der Waals surface area contributed by atoms with Gasteiger partial charge in [0.1, 0.15) is 0 Å². The fourth-order valence-electron chi connectivity index (χ4n) is 4.44. The van der Waals surface area contributed by atoms with Crippen LogP contribution < -0.4 is 0 Å². The Hall–Kier alpha value is -4.17. The Morgan fingerprint density at radius 1 is 0.525 bits per heavy atom. The molecule has 40 heavy (non-hydrogen) atoms. The van der Waals surface area contributed by atoms with Gasteiger partial charge in [-0.05, 0) is 39.7 Å². The molecule has 0 atom stereocenters. The summed E-state index contributed by atoms with van der Waals surface area (Å²) in [6.07, 6.45) is 3.82. The molecule has 0 aliphatic rings. The molecule has 0 aliphatic heterocycles. The molecule has 0 unspecified atom stereocenters. The van der Waals surface area contributed by atoms with Gasteiger partial charge in [0.25, 0.3) is 0 Å². The normalized spacial score (nSPS) is 10.6. The van der Waals surface area contributed by atoms with Crippen molar-refractivity contribution in [1.82, 2.24) is 9.97 Å². The van der Waals surface area contributed by atoms with Crippen LogP contribution in [0, 0.1) is 12.1 Å². The van der Waals surface area contributed by atoms with Crippen molar-refractivity contribution in [2.45, 2.75) is 19.3 Å². The smallest absolute Gasteiger partial charge is 0.0201 e. The molecule has 2 nitrogen and oxygen atoms in total. The van der Waals surface area contributed by atoms with Gasteiger partial charge in [-0.1, -0.05) is 92.7 Å². The Balaban J connectivity index is 0.000000182. The maximum atomic E-state index is 4.61.